The van der Waals surface area contributed by atoms with E-state index in [1.165, 1.54) is 4.90 Å². The first-order valence-electron chi connectivity index (χ1n) is 9.78. The van der Waals surface area contributed by atoms with Gasteiger partial charge in [-0.25, -0.2) is 0 Å². The van der Waals surface area contributed by atoms with Gasteiger partial charge in [-0.3, -0.25) is 19.3 Å². The lowest BCUT2D eigenvalue weighted by atomic mass is 9.58. The molecular formula is C21H22ClN3O7. The predicted molar refractivity (Wildman–Crippen MR) is 113 cm³/mol. The number of phenols is 1. The number of ketones is 2. The number of hydrogen-bond acceptors (Lipinski definition) is 9. The minimum absolute atomic E-state index is 0.0154. The van der Waals surface area contributed by atoms with Gasteiger partial charge in [0.05, 0.1) is 22.3 Å². The summed E-state index contributed by atoms with van der Waals surface area (Å²) in [6.07, 6.45) is 0.0764. The molecule has 3 aliphatic rings. The lowest BCUT2D eigenvalue weighted by Gasteiger charge is -2.50. The SMILES string of the molecule is CN(C)[C@@H]1C(O)=C(C(N)=O)C(=O)[C@@]2(O)C(O)=C3C(=O)c4c(O)cc(Cl)c(N)c4C[C@H]3C[C@@H]12. The number of Topliss-reactive ketones (excluding diaryl/α,β-unsaturated/α-hetero) is 2. The van der Waals surface area contributed by atoms with Crippen molar-refractivity contribution in [2.75, 3.05) is 19.8 Å². The third-order valence-electron chi connectivity index (χ3n) is 6.72. The number of carbonyl (C=O) groups excluding carboxylic acids is 3. The highest BCUT2D eigenvalue weighted by atomic mass is 35.5. The summed E-state index contributed by atoms with van der Waals surface area (Å²) in [5.74, 6) is -7.15. The standard InChI is InChI=1S/C21H22ClN3O7/c1-25(2)15-8-4-6-3-7-12(10(26)5-9(22)14(7)23)16(27)11(6)18(29)21(8,32)19(30)13(17(15)28)20(24)31/h5-6,8,15,26,28-29,32H,3-4,23H2,1-2H3,(H2,24,31)/t6-,8-,15-,21-/m0/s1. The summed E-state index contributed by atoms with van der Waals surface area (Å²) < 4.78 is 0. The van der Waals surface area contributed by atoms with Crippen LogP contribution in [-0.2, 0) is 16.0 Å². The van der Waals surface area contributed by atoms with Crippen LogP contribution in [0.25, 0.3) is 0 Å². The number of carbonyl (C=O) groups is 3. The smallest absolute Gasteiger partial charge is 0.255 e. The van der Waals surface area contributed by atoms with Gasteiger partial charge in [-0.1, -0.05) is 11.6 Å². The second-order valence-electron chi connectivity index (χ2n) is 8.61. The van der Waals surface area contributed by atoms with Crippen LogP contribution in [0.15, 0.2) is 28.7 Å². The molecule has 1 amide bonds. The van der Waals surface area contributed by atoms with E-state index in [1.807, 2.05) is 0 Å². The van der Waals surface area contributed by atoms with Gasteiger partial charge < -0.3 is 31.9 Å². The first-order valence-corrected chi connectivity index (χ1v) is 10.2. The number of primary amides is 1. The van der Waals surface area contributed by atoms with Crippen LogP contribution in [0.2, 0.25) is 5.02 Å². The normalized spacial score (nSPS) is 29.7. The second kappa shape index (κ2) is 6.96. The molecule has 0 saturated heterocycles. The van der Waals surface area contributed by atoms with Crippen molar-refractivity contribution in [1.82, 2.24) is 4.90 Å². The molecular weight excluding hydrogens is 442 g/mol. The van der Waals surface area contributed by atoms with Crippen LogP contribution in [0.5, 0.6) is 5.75 Å². The Labute approximate surface area is 187 Å². The molecule has 0 aromatic heterocycles. The largest absolute Gasteiger partial charge is 0.510 e. The number of aromatic hydroxyl groups is 1. The Hall–Kier alpha value is -3.08. The number of amides is 1. The monoisotopic (exact) mass is 463 g/mol. The number of benzene rings is 1. The Morgan fingerprint density at radius 2 is 1.88 bits per heavy atom. The van der Waals surface area contributed by atoms with Crippen LogP contribution < -0.4 is 11.5 Å². The maximum absolute atomic E-state index is 13.3. The summed E-state index contributed by atoms with van der Waals surface area (Å²) in [4.78, 5) is 39.8. The average molecular weight is 464 g/mol. The second-order valence-corrected chi connectivity index (χ2v) is 9.02. The summed E-state index contributed by atoms with van der Waals surface area (Å²) in [5.41, 5.74) is 7.78. The van der Waals surface area contributed by atoms with Gasteiger partial charge in [-0.15, -0.1) is 0 Å². The number of nitrogens with two attached hydrogens (primary N) is 2. The minimum Gasteiger partial charge on any atom is -0.510 e. The highest BCUT2D eigenvalue weighted by molar-refractivity contribution is 6.34. The number of aliphatic hydroxyl groups excluding tert-OH is 2. The Morgan fingerprint density at radius 1 is 1.25 bits per heavy atom. The Balaban J connectivity index is 1.99. The fourth-order valence-corrected chi connectivity index (χ4v) is 5.54. The van der Waals surface area contributed by atoms with Gasteiger partial charge >= 0.3 is 0 Å². The van der Waals surface area contributed by atoms with E-state index in [2.05, 4.69) is 0 Å². The summed E-state index contributed by atoms with van der Waals surface area (Å²) in [7, 11) is 3.12. The first kappa shape index (κ1) is 22.1. The molecule has 3 aliphatic carbocycles. The predicted octanol–water partition coefficient (Wildman–Crippen LogP) is 0.356. The van der Waals surface area contributed by atoms with E-state index in [4.69, 9.17) is 23.1 Å². The topological polar surface area (TPSA) is 187 Å². The quantitative estimate of drug-likeness (QED) is 0.204. The van der Waals surface area contributed by atoms with Crippen molar-refractivity contribution in [3.05, 3.63) is 44.9 Å². The molecule has 170 valence electrons. The molecule has 0 bridgehead atoms. The van der Waals surface area contributed by atoms with Gasteiger partial charge in [0.1, 0.15) is 22.8 Å². The zero-order valence-corrected chi connectivity index (χ0v) is 18.0. The van der Waals surface area contributed by atoms with Gasteiger partial charge in [0.15, 0.2) is 11.4 Å². The van der Waals surface area contributed by atoms with Crippen LogP contribution in [0.3, 0.4) is 0 Å². The van der Waals surface area contributed by atoms with Gasteiger partial charge in [0.2, 0.25) is 5.78 Å². The molecule has 0 unspecified atom stereocenters. The molecule has 0 aliphatic heterocycles. The van der Waals surface area contributed by atoms with Crippen LogP contribution in [-0.4, -0.2) is 68.5 Å². The number of nitrogens with zero attached hydrogens (tertiary/aromatic N) is 1. The number of hydrogen-bond donors (Lipinski definition) is 6. The van der Waals surface area contributed by atoms with Crippen LogP contribution in [0.1, 0.15) is 22.3 Å². The first-order chi connectivity index (χ1) is 14.8. The van der Waals surface area contributed by atoms with Crippen LogP contribution in [0.4, 0.5) is 5.69 Å². The summed E-state index contributed by atoms with van der Waals surface area (Å²) in [6, 6.07) is 0.0524. The van der Waals surface area contributed by atoms with Crippen molar-refractivity contribution in [3.8, 4) is 5.75 Å². The maximum atomic E-state index is 13.3. The molecule has 10 nitrogen and oxygen atoms in total. The number of nitrogen functional groups attached to an aromatic ring is 1. The Bertz CT molecular complexity index is 1170. The van der Waals surface area contributed by atoms with E-state index in [0.29, 0.717) is 5.56 Å². The van der Waals surface area contributed by atoms with E-state index in [9.17, 15) is 34.8 Å². The molecule has 0 fully saturated rings. The third-order valence-corrected chi connectivity index (χ3v) is 7.03. The lowest BCUT2D eigenvalue weighted by molar-refractivity contribution is -0.148. The van der Waals surface area contributed by atoms with Crippen molar-refractivity contribution < 1.29 is 34.8 Å². The van der Waals surface area contributed by atoms with Gasteiger partial charge in [-0.05, 0) is 38.4 Å². The zero-order valence-electron chi connectivity index (χ0n) is 17.2. The number of fused-ring (bicyclic) bond motifs is 3. The molecule has 0 heterocycles. The molecule has 4 atom stereocenters. The van der Waals surface area contributed by atoms with Crippen molar-refractivity contribution in [2.45, 2.75) is 24.5 Å². The highest BCUT2D eigenvalue weighted by Gasteiger charge is 2.63. The van der Waals surface area contributed by atoms with Gasteiger partial charge in [0, 0.05) is 17.6 Å². The molecule has 11 heteroatoms. The van der Waals surface area contributed by atoms with Crippen molar-refractivity contribution in [3.63, 3.8) is 0 Å². The number of rotatable bonds is 2. The zero-order chi connectivity index (χ0) is 23.9. The van der Waals surface area contributed by atoms with E-state index < -0.39 is 63.8 Å². The van der Waals surface area contributed by atoms with Crippen molar-refractivity contribution in [1.29, 1.82) is 0 Å². The van der Waals surface area contributed by atoms with E-state index >= 15 is 0 Å². The summed E-state index contributed by atoms with van der Waals surface area (Å²) in [6.45, 7) is 0. The molecule has 32 heavy (non-hydrogen) atoms. The van der Waals surface area contributed by atoms with E-state index in [1.54, 1.807) is 14.1 Å². The number of likely N-dealkylation sites (N-methyl/N-ethyl adjacent to an activating group) is 1. The van der Waals surface area contributed by atoms with Gasteiger partial charge in [-0.2, -0.15) is 0 Å². The molecule has 4 rings (SSSR count). The minimum atomic E-state index is -2.67. The van der Waals surface area contributed by atoms with Crippen LogP contribution in [0, 0.1) is 11.8 Å². The van der Waals surface area contributed by atoms with E-state index in [-0.39, 0.29) is 34.7 Å². The molecule has 8 N–H and O–H groups in total. The Kier molecular flexibility index (Phi) is 4.81. The van der Waals surface area contributed by atoms with Gasteiger partial charge in [0.25, 0.3) is 5.91 Å². The fourth-order valence-electron chi connectivity index (χ4n) is 5.32. The Morgan fingerprint density at radius 3 is 2.44 bits per heavy atom. The molecule has 1 aromatic rings. The summed E-state index contributed by atoms with van der Waals surface area (Å²) >= 11 is 6.05. The number of anilines is 1. The van der Waals surface area contributed by atoms with Crippen molar-refractivity contribution in [2.24, 2.45) is 17.6 Å². The van der Waals surface area contributed by atoms with Crippen molar-refractivity contribution >= 4 is 34.8 Å². The number of allylic oxidation sites excluding steroid dienone is 1. The van der Waals surface area contributed by atoms with Crippen LogP contribution >= 0.6 is 11.6 Å². The fraction of sp³-hybridized carbons (Fsp3) is 0.381. The maximum Gasteiger partial charge on any atom is 0.255 e. The number of halogens is 1. The highest BCUT2D eigenvalue weighted by Crippen LogP contribution is 2.53. The molecule has 0 spiro atoms. The molecule has 0 saturated carbocycles. The average Bonchev–Trinajstić information content (AvgIpc) is 2.68. The molecule has 0 radical (unpaired) electrons. The summed E-state index contributed by atoms with van der Waals surface area (Å²) in [5, 5.41) is 43.6. The number of aliphatic hydroxyl groups is 3. The third kappa shape index (κ3) is 2.63. The van der Waals surface area contributed by atoms with E-state index in [0.717, 1.165) is 6.07 Å². The number of phenolic OH excluding ortho intramolecular Hbond substituents is 1. The lowest BCUT2D eigenvalue weighted by Crippen LogP contribution is -2.63. The molecule has 1 aromatic carbocycles.